The van der Waals surface area contributed by atoms with E-state index in [0.717, 1.165) is 20.3 Å². The fourth-order valence-corrected chi connectivity index (χ4v) is 8.06. The van der Waals surface area contributed by atoms with E-state index >= 15 is 0 Å². The Morgan fingerprint density at radius 2 is 1.04 bits per heavy atom. The average molecular weight is 1060 g/mol. The topological polar surface area (TPSA) is 232 Å². The Morgan fingerprint density at radius 3 is 1.37 bits per heavy atom. The van der Waals surface area contributed by atoms with E-state index in [1.54, 1.807) is 84.9 Å². The Hall–Kier alpha value is -6.19. The lowest BCUT2D eigenvalue weighted by Crippen LogP contribution is -2.56. The lowest BCUT2D eigenvalue weighted by atomic mass is 9.86. The summed E-state index contributed by atoms with van der Waals surface area (Å²) >= 11 is 24.7. The van der Waals surface area contributed by atoms with Gasteiger partial charge in [0.2, 0.25) is 11.9 Å². The summed E-state index contributed by atoms with van der Waals surface area (Å²) in [5, 5.41) is 27.2. The highest BCUT2D eigenvalue weighted by Gasteiger charge is 2.47. The number of benzene rings is 4. The number of halogens is 4. The molecule has 4 heterocycles. The molecule has 2 fully saturated rings. The first-order valence-electron chi connectivity index (χ1n) is 22.2. The molecule has 2 aliphatic rings. The van der Waals surface area contributed by atoms with Gasteiger partial charge in [-0.2, -0.15) is 9.97 Å². The zero-order chi connectivity index (χ0) is 51.2. The van der Waals surface area contributed by atoms with E-state index in [0.29, 0.717) is 43.0 Å². The number of aliphatic carboxylic acids is 1. The number of carboxylic acids is 1. The summed E-state index contributed by atoms with van der Waals surface area (Å²) in [6.07, 6.45) is -0.122. The maximum absolute atomic E-state index is 13.5. The second kappa shape index (κ2) is 22.5. The summed E-state index contributed by atoms with van der Waals surface area (Å²) < 4.78 is 26.1. The second-order valence-electron chi connectivity index (χ2n) is 17.7. The Balaban J connectivity index is 0.000000209. The largest absolute Gasteiger partial charge is 0.489 e. The van der Waals surface area contributed by atoms with Gasteiger partial charge in [-0.3, -0.25) is 13.9 Å². The van der Waals surface area contributed by atoms with Gasteiger partial charge in [0.1, 0.15) is 16.9 Å². The van der Waals surface area contributed by atoms with Gasteiger partial charge in [-0.25, -0.2) is 28.3 Å². The molecule has 2 aliphatic heterocycles. The van der Waals surface area contributed by atoms with Crippen molar-refractivity contribution in [1.82, 2.24) is 28.2 Å². The van der Waals surface area contributed by atoms with Crippen molar-refractivity contribution in [2.75, 3.05) is 43.7 Å². The van der Waals surface area contributed by atoms with Gasteiger partial charge in [-0.05, 0) is 99.5 Å². The number of ether oxygens (including phenoxy) is 4. The van der Waals surface area contributed by atoms with Gasteiger partial charge in [0.15, 0.2) is 0 Å². The van der Waals surface area contributed by atoms with Crippen molar-refractivity contribution in [2.45, 2.75) is 66.1 Å². The molecule has 0 bridgehead atoms. The van der Waals surface area contributed by atoms with Crippen molar-refractivity contribution >= 4 is 75.6 Å². The smallest absolute Gasteiger partial charge is 0.354 e. The molecule has 19 nitrogen and oxygen atoms in total. The molecule has 6 aromatic rings. The molecule has 0 amide bonds. The Morgan fingerprint density at radius 1 is 0.634 bits per heavy atom. The van der Waals surface area contributed by atoms with Crippen molar-refractivity contribution in [2.24, 2.45) is 10.8 Å². The van der Waals surface area contributed by atoms with E-state index in [-0.39, 0.29) is 83.3 Å². The van der Waals surface area contributed by atoms with Crippen LogP contribution in [0.25, 0.3) is 0 Å². The van der Waals surface area contributed by atoms with Crippen molar-refractivity contribution in [3.63, 3.8) is 0 Å². The maximum atomic E-state index is 13.5. The van der Waals surface area contributed by atoms with Crippen molar-refractivity contribution in [3.8, 4) is 11.5 Å². The quantitative estimate of drug-likeness (QED) is 0.0702. The monoisotopic (exact) mass is 1050 g/mol. The molecule has 0 radical (unpaired) electrons. The van der Waals surface area contributed by atoms with Crippen LogP contribution in [0.3, 0.4) is 0 Å². The Kier molecular flexibility index (Phi) is 16.7. The molecule has 4 N–H and O–H groups in total. The number of aliphatic hydroxyl groups excluding tert-OH is 1. The number of nitrogens with zero attached hydrogens (tertiary/aromatic N) is 6. The molecule has 2 saturated heterocycles. The number of aliphatic hydroxyl groups is 1. The summed E-state index contributed by atoms with van der Waals surface area (Å²) in [4.78, 5) is 72.8. The van der Waals surface area contributed by atoms with Crippen LogP contribution in [0.5, 0.6) is 11.5 Å². The van der Waals surface area contributed by atoms with E-state index in [1.807, 2.05) is 27.7 Å². The molecule has 4 aromatic carbocycles. The number of anilines is 4. The van der Waals surface area contributed by atoms with E-state index in [4.69, 9.17) is 65.4 Å². The van der Waals surface area contributed by atoms with Crippen LogP contribution in [-0.2, 0) is 40.4 Å². The number of hydrogen-bond acceptors (Lipinski definition) is 14. The normalized spacial score (nSPS) is 14.5. The summed E-state index contributed by atoms with van der Waals surface area (Å²) in [7, 11) is 0. The minimum atomic E-state index is -1.36. The SMILES string of the molecule is CC(C)Oc1ccc(Nc2nc(=O)n(CC3(C(=O)O)COC3)c(=O)n2Cc2ccc(Cl)cc2)cc1Cl.CC(C)Oc1ccc(Nc2nc(=O)n(CC3(CO)COC3)c(=O)n2Cc2ccc(Cl)cc2)cc1Cl. The average Bonchev–Trinajstić information content (AvgIpc) is 3.28. The molecule has 23 heteroatoms. The predicted molar refractivity (Wildman–Crippen MR) is 269 cm³/mol. The van der Waals surface area contributed by atoms with E-state index in [9.17, 15) is 34.2 Å². The highest BCUT2D eigenvalue weighted by Crippen LogP contribution is 2.33. The Labute approximate surface area is 426 Å². The van der Waals surface area contributed by atoms with Gasteiger partial charge in [0.05, 0.1) is 80.3 Å². The minimum Gasteiger partial charge on any atom is -0.489 e. The molecular formula is C48H50Cl4N8O11. The van der Waals surface area contributed by atoms with E-state index in [2.05, 4.69) is 20.6 Å². The summed E-state index contributed by atoms with van der Waals surface area (Å²) in [6.45, 7) is 7.47. The molecule has 0 aliphatic carbocycles. The van der Waals surface area contributed by atoms with E-state index in [1.165, 1.54) is 9.13 Å². The van der Waals surface area contributed by atoms with Gasteiger partial charge in [-0.1, -0.05) is 70.7 Å². The molecule has 71 heavy (non-hydrogen) atoms. The number of nitrogens with one attached hydrogen (secondary N) is 2. The molecule has 0 unspecified atom stereocenters. The van der Waals surface area contributed by atoms with E-state index < -0.39 is 39.6 Å². The molecular weight excluding hydrogens is 1010 g/mol. The van der Waals surface area contributed by atoms with Crippen LogP contribution < -0.4 is 42.9 Å². The third-order valence-corrected chi connectivity index (χ3v) is 12.3. The van der Waals surface area contributed by atoms with Crippen LogP contribution in [0.15, 0.2) is 104 Å². The Bertz CT molecular complexity index is 3130. The minimum absolute atomic E-state index is 0.00211. The van der Waals surface area contributed by atoms with Crippen molar-refractivity contribution in [1.29, 1.82) is 0 Å². The fraction of sp³-hybridized carbons (Fsp3) is 0.354. The summed E-state index contributed by atoms with van der Waals surface area (Å²) in [5.74, 6) is -0.112. The molecule has 376 valence electrons. The first-order chi connectivity index (χ1) is 33.8. The zero-order valence-electron chi connectivity index (χ0n) is 38.9. The molecule has 0 spiro atoms. The van der Waals surface area contributed by atoms with Gasteiger partial charge in [-0.15, -0.1) is 0 Å². The lowest BCUT2D eigenvalue weighted by Gasteiger charge is -2.39. The number of aromatic nitrogens is 6. The van der Waals surface area contributed by atoms with Crippen LogP contribution in [0.4, 0.5) is 23.3 Å². The standard InChI is InChI=1S/C24H24Cl2N4O6.C24H26Cl2N4O5/c1-14(2)36-19-8-7-17(9-18(19)26)27-21-28-22(33)30(11-24(20(31)32)12-35-13-24)23(34)29(21)10-15-3-5-16(25)6-4-15;1-15(2)35-20-8-7-18(9-19(20)26)27-21-28-22(32)30(11-24(12-31)13-34-14-24)23(33)29(21)10-16-3-5-17(25)6-4-16/h3-9,14H,10-13H2,1-2H3,(H,31,32)(H,27,28,33);3-9,15,31H,10-14H2,1-2H3,(H,27,28,32). The first-order valence-corrected chi connectivity index (χ1v) is 23.7. The number of carbonyl (C=O) groups is 1. The highest BCUT2D eigenvalue weighted by atomic mass is 35.5. The number of rotatable bonds is 18. The predicted octanol–water partition coefficient (Wildman–Crippen LogP) is 6.69. The van der Waals surface area contributed by atoms with Gasteiger partial charge < -0.3 is 39.8 Å². The van der Waals surface area contributed by atoms with Gasteiger partial charge in [0.25, 0.3) is 0 Å². The molecule has 8 rings (SSSR count). The van der Waals surface area contributed by atoms with Crippen LogP contribution in [0, 0.1) is 10.8 Å². The zero-order valence-corrected chi connectivity index (χ0v) is 41.9. The van der Waals surface area contributed by atoms with Gasteiger partial charge in [0, 0.05) is 28.0 Å². The van der Waals surface area contributed by atoms with Crippen LogP contribution >= 0.6 is 46.4 Å². The molecule has 0 saturated carbocycles. The van der Waals surface area contributed by atoms with Crippen LogP contribution in [-0.4, -0.2) is 89.7 Å². The molecule has 0 atom stereocenters. The van der Waals surface area contributed by atoms with Crippen LogP contribution in [0.1, 0.15) is 38.8 Å². The second-order valence-corrected chi connectivity index (χ2v) is 19.4. The summed E-state index contributed by atoms with van der Waals surface area (Å²) in [5.41, 5.74) is -2.43. The summed E-state index contributed by atoms with van der Waals surface area (Å²) in [6, 6.07) is 23.8. The number of hydrogen-bond donors (Lipinski definition) is 4. The maximum Gasteiger partial charge on any atom is 0.354 e. The highest BCUT2D eigenvalue weighted by molar-refractivity contribution is 6.32. The van der Waals surface area contributed by atoms with Crippen molar-refractivity contribution < 1.29 is 34.0 Å². The van der Waals surface area contributed by atoms with Gasteiger partial charge >= 0.3 is 28.7 Å². The molecule has 2 aromatic heterocycles. The third kappa shape index (κ3) is 12.7. The first kappa shape index (κ1) is 52.6. The lowest BCUT2D eigenvalue weighted by molar-refractivity contribution is -0.182. The number of carboxylic acid groups (broad SMARTS) is 1. The third-order valence-electron chi connectivity index (χ3n) is 11.2. The fourth-order valence-electron chi connectivity index (χ4n) is 7.36. The van der Waals surface area contributed by atoms with Crippen molar-refractivity contribution in [3.05, 3.63) is 158 Å². The van der Waals surface area contributed by atoms with Crippen LogP contribution in [0.2, 0.25) is 20.1 Å².